The van der Waals surface area contributed by atoms with Gasteiger partial charge in [-0.25, -0.2) is 15.0 Å². The first-order valence-electron chi connectivity index (χ1n) is 4.95. The molecule has 7 heteroatoms. The second kappa shape index (κ2) is 6.03. The highest BCUT2D eigenvalue weighted by Crippen LogP contribution is 2.28. The van der Waals surface area contributed by atoms with Crippen molar-refractivity contribution in [1.29, 1.82) is 0 Å². The SMILES string of the molecule is Br.c1cnc(Nc2nc(-c3cccs3)cs2)nc1. The van der Waals surface area contributed by atoms with Gasteiger partial charge in [-0.15, -0.1) is 39.7 Å². The molecule has 0 atom stereocenters. The van der Waals surface area contributed by atoms with E-state index in [0.717, 1.165) is 10.8 Å². The Morgan fingerprint density at radius 2 is 1.89 bits per heavy atom. The molecule has 92 valence electrons. The van der Waals surface area contributed by atoms with E-state index in [-0.39, 0.29) is 17.0 Å². The lowest BCUT2D eigenvalue weighted by molar-refractivity contribution is 1.16. The van der Waals surface area contributed by atoms with Gasteiger partial charge in [-0.2, -0.15) is 0 Å². The minimum atomic E-state index is 0. The number of hydrogen-bond acceptors (Lipinski definition) is 6. The normalized spacial score (nSPS) is 9.78. The highest BCUT2D eigenvalue weighted by atomic mass is 79.9. The molecule has 3 aromatic heterocycles. The van der Waals surface area contributed by atoms with Gasteiger partial charge in [0, 0.05) is 17.8 Å². The van der Waals surface area contributed by atoms with Crippen LogP contribution in [0, 0.1) is 0 Å². The van der Waals surface area contributed by atoms with Crippen molar-refractivity contribution in [2.24, 2.45) is 0 Å². The first kappa shape index (κ1) is 13.1. The highest BCUT2D eigenvalue weighted by molar-refractivity contribution is 8.93. The van der Waals surface area contributed by atoms with Crippen LogP contribution in [0.4, 0.5) is 11.1 Å². The van der Waals surface area contributed by atoms with Crippen molar-refractivity contribution in [2.45, 2.75) is 0 Å². The zero-order chi connectivity index (χ0) is 11.5. The van der Waals surface area contributed by atoms with Crippen molar-refractivity contribution >= 4 is 50.7 Å². The minimum Gasteiger partial charge on any atom is -0.300 e. The van der Waals surface area contributed by atoms with E-state index >= 15 is 0 Å². The maximum absolute atomic E-state index is 4.49. The van der Waals surface area contributed by atoms with Gasteiger partial charge in [0.2, 0.25) is 5.95 Å². The molecule has 0 spiro atoms. The van der Waals surface area contributed by atoms with Gasteiger partial charge >= 0.3 is 0 Å². The van der Waals surface area contributed by atoms with Crippen LogP contribution in [-0.4, -0.2) is 15.0 Å². The summed E-state index contributed by atoms with van der Waals surface area (Å²) in [5.74, 6) is 0.569. The molecule has 3 rings (SSSR count). The zero-order valence-corrected chi connectivity index (χ0v) is 12.5. The molecule has 0 bridgehead atoms. The fourth-order valence-corrected chi connectivity index (χ4v) is 2.79. The predicted molar refractivity (Wildman–Crippen MR) is 81.1 cm³/mol. The van der Waals surface area contributed by atoms with E-state index in [1.165, 1.54) is 4.88 Å². The molecule has 0 saturated heterocycles. The Kier molecular flexibility index (Phi) is 4.40. The quantitative estimate of drug-likeness (QED) is 0.783. The summed E-state index contributed by atoms with van der Waals surface area (Å²) in [6, 6.07) is 5.86. The van der Waals surface area contributed by atoms with Crippen molar-refractivity contribution in [3.8, 4) is 10.6 Å². The number of nitrogens with one attached hydrogen (secondary N) is 1. The number of rotatable bonds is 3. The van der Waals surface area contributed by atoms with E-state index in [1.54, 1.807) is 41.1 Å². The van der Waals surface area contributed by atoms with E-state index in [4.69, 9.17) is 0 Å². The molecule has 18 heavy (non-hydrogen) atoms. The lowest BCUT2D eigenvalue weighted by atomic mass is 10.4. The van der Waals surface area contributed by atoms with Crippen molar-refractivity contribution < 1.29 is 0 Å². The van der Waals surface area contributed by atoms with Crippen molar-refractivity contribution in [2.75, 3.05) is 5.32 Å². The lowest BCUT2D eigenvalue weighted by Crippen LogP contribution is -1.94. The summed E-state index contributed by atoms with van der Waals surface area (Å²) in [5.41, 5.74) is 0.989. The third-order valence-corrected chi connectivity index (χ3v) is 3.71. The first-order valence-corrected chi connectivity index (χ1v) is 6.71. The van der Waals surface area contributed by atoms with Crippen molar-refractivity contribution in [3.63, 3.8) is 0 Å². The average molecular weight is 341 g/mol. The molecule has 0 radical (unpaired) electrons. The molecule has 3 aromatic rings. The van der Waals surface area contributed by atoms with Gasteiger partial charge in [0.15, 0.2) is 5.13 Å². The summed E-state index contributed by atoms with van der Waals surface area (Å²) < 4.78 is 0. The Morgan fingerprint density at radius 3 is 2.61 bits per heavy atom. The molecular weight excluding hydrogens is 332 g/mol. The molecule has 0 fully saturated rings. The topological polar surface area (TPSA) is 50.7 Å². The van der Waals surface area contributed by atoms with Crippen LogP contribution in [-0.2, 0) is 0 Å². The fourth-order valence-electron chi connectivity index (χ4n) is 1.33. The molecule has 0 aliphatic rings. The Bertz CT molecular complexity index is 595. The van der Waals surface area contributed by atoms with Gasteiger partial charge in [0.05, 0.1) is 10.6 Å². The first-order chi connectivity index (χ1) is 8.42. The molecule has 4 nitrogen and oxygen atoms in total. The molecule has 0 aromatic carbocycles. The zero-order valence-electron chi connectivity index (χ0n) is 9.11. The van der Waals surface area contributed by atoms with Crippen LogP contribution in [0.2, 0.25) is 0 Å². The third kappa shape index (κ3) is 2.92. The molecule has 0 aliphatic carbocycles. The monoisotopic (exact) mass is 340 g/mol. The molecular formula is C11H9BrN4S2. The van der Waals surface area contributed by atoms with Crippen LogP contribution in [0.5, 0.6) is 0 Å². The standard InChI is InChI=1S/C11H8N4S2.BrH/c1-3-9(16-6-1)8-7-17-11(14-8)15-10-12-4-2-5-13-10;/h1-7H,(H,12,13,14,15);1H. The van der Waals surface area contributed by atoms with E-state index in [1.807, 2.05) is 16.8 Å². The smallest absolute Gasteiger partial charge is 0.228 e. The van der Waals surface area contributed by atoms with Crippen LogP contribution in [0.1, 0.15) is 0 Å². The molecule has 0 unspecified atom stereocenters. The highest BCUT2D eigenvalue weighted by Gasteiger charge is 2.05. The Balaban J connectivity index is 0.00000120. The van der Waals surface area contributed by atoms with Crippen LogP contribution >= 0.6 is 39.7 Å². The van der Waals surface area contributed by atoms with Gasteiger partial charge < -0.3 is 5.32 Å². The number of thiophene rings is 1. The fraction of sp³-hybridized carbons (Fsp3) is 0. The van der Waals surface area contributed by atoms with E-state index in [0.29, 0.717) is 5.95 Å². The summed E-state index contributed by atoms with van der Waals surface area (Å²) in [6.45, 7) is 0. The lowest BCUT2D eigenvalue weighted by Gasteiger charge is -1.97. The minimum absolute atomic E-state index is 0. The number of hydrogen-bond donors (Lipinski definition) is 1. The molecule has 0 aliphatic heterocycles. The van der Waals surface area contributed by atoms with Gasteiger partial charge in [0.1, 0.15) is 0 Å². The Morgan fingerprint density at radius 1 is 1.06 bits per heavy atom. The number of anilines is 2. The average Bonchev–Trinajstić information content (AvgIpc) is 3.00. The van der Waals surface area contributed by atoms with Gasteiger partial charge in [-0.1, -0.05) is 6.07 Å². The number of halogens is 1. The van der Waals surface area contributed by atoms with E-state index in [2.05, 4.69) is 26.3 Å². The second-order valence-electron chi connectivity index (χ2n) is 3.21. The van der Waals surface area contributed by atoms with Gasteiger partial charge in [-0.3, -0.25) is 0 Å². The summed E-state index contributed by atoms with van der Waals surface area (Å²) in [4.78, 5) is 13.8. The number of thiazole rings is 1. The largest absolute Gasteiger partial charge is 0.300 e. The molecule has 0 amide bonds. The summed E-state index contributed by atoms with van der Waals surface area (Å²) in [6.07, 6.45) is 3.40. The van der Waals surface area contributed by atoms with Gasteiger partial charge in [0.25, 0.3) is 0 Å². The second-order valence-corrected chi connectivity index (χ2v) is 5.02. The summed E-state index contributed by atoms with van der Waals surface area (Å²) >= 11 is 3.23. The number of aromatic nitrogens is 3. The summed E-state index contributed by atoms with van der Waals surface area (Å²) in [7, 11) is 0. The van der Waals surface area contributed by atoms with Crippen LogP contribution in [0.15, 0.2) is 41.4 Å². The molecule has 1 N–H and O–H groups in total. The molecule has 3 heterocycles. The number of nitrogens with zero attached hydrogens (tertiary/aromatic N) is 3. The van der Waals surface area contributed by atoms with Crippen LogP contribution < -0.4 is 5.32 Å². The summed E-state index contributed by atoms with van der Waals surface area (Å²) in [5, 5.41) is 7.95. The predicted octanol–water partition coefficient (Wildman–Crippen LogP) is 3.98. The van der Waals surface area contributed by atoms with Crippen molar-refractivity contribution in [1.82, 2.24) is 15.0 Å². The van der Waals surface area contributed by atoms with E-state index < -0.39 is 0 Å². The van der Waals surface area contributed by atoms with Crippen LogP contribution in [0.3, 0.4) is 0 Å². The third-order valence-electron chi connectivity index (χ3n) is 2.06. The van der Waals surface area contributed by atoms with Crippen molar-refractivity contribution in [3.05, 3.63) is 41.4 Å². The Hall–Kier alpha value is -1.31. The van der Waals surface area contributed by atoms with Crippen LogP contribution in [0.25, 0.3) is 10.6 Å². The molecule has 0 saturated carbocycles. The maximum Gasteiger partial charge on any atom is 0.228 e. The maximum atomic E-state index is 4.49. The van der Waals surface area contributed by atoms with Gasteiger partial charge in [-0.05, 0) is 17.5 Å². The Labute approximate surface area is 123 Å². The van der Waals surface area contributed by atoms with E-state index in [9.17, 15) is 0 Å².